The summed E-state index contributed by atoms with van der Waals surface area (Å²) in [6, 6.07) is 7.43. The van der Waals surface area contributed by atoms with Crippen molar-refractivity contribution in [3.63, 3.8) is 0 Å². The highest BCUT2D eigenvalue weighted by Crippen LogP contribution is 2.05. The first-order valence-electron chi connectivity index (χ1n) is 4.49. The van der Waals surface area contributed by atoms with Crippen molar-refractivity contribution in [3.05, 3.63) is 40.9 Å². The number of hydrogen-bond acceptors (Lipinski definition) is 4. The van der Waals surface area contributed by atoms with Crippen LogP contribution in [0.5, 0.6) is 0 Å². The summed E-state index contributed by atoms with van der Waals surface area (Å²) in [7, 11) is 1.07. The molecule has 84 valence electrons. The summed E-state index contributed by atoms with van der Waals surface area (Å²) in [5, 5.41) is 8.58. The smallest absolute Gasteiger partial charge is 0.446 e. The van der Waals surface area contributed by atoms with E-state index in [0.717, 1.165) is 7.11 Å². The highest BCUT2D eigenvalue weighted by Gasteiger charge is 2.31. The number of ketones is 1. The number of carbonyl (C=O) groups is 2. The summed E-state index contributed by atoms with van der Waals surface area (Å²) in [4.78, 5) is 25.4. The first kappa shape index (κ1) is 12.3. The molecule has 0 heterocycles. The van der Waals surface area contributed by atoms with Gasteiger partial charge in [0.25, 0.3) is 5.78 Å². The molecule has 6 nitrogen and oxygen atoms in total. The molecule has 1 aromatic carbocycles. The number of carbonyl (C=O) groups excluding carboxylic acids is 2. The molecule has 0 spiro atoms. The van der Waals surface area contributed by atoms with E-state index in [1.165, 1.54) is 24.3 Å². The van der Waals surface area contributed by atoms with Crippen LogP contribution in [0.1, 0.15) is 15.9 Å². The van der Waals surface area contributed by atoms with Gasteiger partial charge in [0, 0.05) is 5.56 Å². The number of Topliss-reactive ketones (excluding diaryl/α,β-unsaturated/α-hetero) is 1. The van der Waals surface area contributed by atoms with E-state index < -0.39 is 17.5 Å². The molecule has 0 saturated heterocycles. The lowest BCUT2D eigenvalue weighted by atomic mass is 10.1. The number of nitriles is 1. The minimum atomic E-state index is -1.03. The van der Waals surface area contributed by atoms with Gasteiger partial charge in [-0.25, -0.2) is 4.79 Å². The van der Waals surface area contributed by atoms with Crippen LogP contribution in [-0.2, 0) is 9.53 Å². The molecule has 1 aromatic rings. The number of methoxy groups -OCH3 is 1. The van der Waals surface area contributed by atoms with Crippen molar-refractivity contribution < 1.29 is 19.1 Å². The molecule has 6 heteroatoms. The summed E-state index contributed by atoms with van der Waals surface area (Å²) in [6.45, 7) is 0. The number of nitrogens with zero attached hydrogens (tertiary/aromatic N) is 3. The lowest BCUT2D eigenvalue weighted by Crippen LogP contribution is -2.26. The predicted molar refractivity (Wildman–Crippen MR) is 56.1 cm³/mol. The summed E-state index contributed by atoms with van der Waals surface area (Å²) in [6.07, 6.45) is 0. The molecule has 0 atom stereocenters. The largest absolute Gasteiger partial charge is 0.460 e. The maximum atomic E-state index is 11.7. The standard InChI is InChI=1S/C11H7N3O3/c1-17-11(16)9(14-13)10(15)8-4-2-7(6-12)3-5-8/h2-5H,1H3. The lowest BCUT2D eigenvalue weighted by Gasteiger charge is -1.96. The molecule has 0 N–H and O–H groups in total. The van der Waals surface area contributed by atoms with Gasteiger partial charge in [0.1, 0.15) is 0 Å². The van der Waals surface area contributed by atoms with Gasteiger partial charge in [-0.15, -0.1) is 0 Å². The van der Waals surface area contributed by atoms with Gasteiger partial charge >= 0.3 is 11.7 Å². The Balaban J connectivity index is 3.08. The van der Waals surface area contributed by atoms with Crippen molar-refractivity contribution >= 4 is 17.5 Å². The van der Waals surface area contributed by atoms with Crippen molar-refractivity contribution in [2.45, 2.75) is 0 Å². The molecule has 0 fully saturated rings. The first-order chi connectivity index (χ1) is 8.13. The topological polar surface area (TPSA) is 104 Å². The average molecular weight is 229 g/mol. The van der Waals surface area contributed by atoms with Crippen LogP contribution in [0.25, 0.3) is 5.53 Å². The van der Waals surface area contributed by atoms with Crippen molar-refractivity contribution in [1.29, 1.82) is 5.26 Å². The lowest BCUT2D eigenvalue weighted by molar-refractivity contribution is -0.137. The number of ether oxygens (including phenoxy) is 1. The fourth-order valence-electron chi connectivity index (χ4n) is 1.11. The molecule has 0 aliphatic carbocycles. The molecular weight excluding hydrogens is 222 g/mol. The molecule has 0 aliphatic heterocycles. The summed E-state index contributed by atoms with van der Waals surface area (Å²) in [5.41, 5.74) is 8.37. The Morgan fingerprint density at radius 3 is 2.35 bits per heavy atom. The van der Waals surface area contributed by atoms with Crippen molar-refractivity contribution in [2.24, 2.45) is 0 Å². The van der Waals surface area contributed by atoms with Gasteiger partial charge in [0.05, 0.1) is 18.7 Å². The third-order valence-corrected chi connectivity index (χ3v) is 1.97. The fraction of sp³-hybridized carbons (Fsp3) is 0.0909. The van der Waals surface area contributed by atoms with E-state index in [-0.39, 0.29) is 5.56 Å². The molecule has 0 saturated carbocycles. The van der Waals surface area contributed by atoms with E-state index in [1.54, 1.807) is 0 Å². The van der Waals surface area contributed by atoms with Crippen LogP contribution < -0.4 is 0 Å². The number of hydrogen-bond donors (Lipinski definition) is 0. The zero-order valence-electron chi connectivity index (χ0n) is 8.88. The van der Waals surface area contributed by atoms with Crippen molar-refractivity contribution in [2.75, 3.05) is 7.11 Å². The Hall–Kier alpha value is -2.77. The second kappa shape index (κ2) is 5.35. The molecule has 17 heavy (non-hydrogen) atoms. The van der Waals surface area contributed by atoms with E-state index in [4.69, 9.17) is 10.8 Å². The predicted octanol–water partition coefficient (Wildman–Crippen LogP) is 0.585. The summed E-state index contributed by atoms with van der Waals surface area (Å²) < 4.78 is 4.29. The van der Waals surface area contributed by atoms with Crippen LogP contribution in [0, 0.1) is 11.3 Å². The Morgan fingerprint density at radius 1 is 1.35 bits per heavy atom. The first-order valence-corrected chi connectivity index (χ1v) is 4.49. The van der Waals surface area contributed by atoms with E-state index in [0.29, 0.717) is 5.56 Å². The molecule has 0 unspecified atom stereocenters. The van der Waals surface area contributed by atoms with Gasteiger partial charge in [0.15, 0.2) is 0 Å². The Morgan fingerprint density at radius 2 is 1.94 bits per heavy atom. The number of benzene rings is 1. The molecule has 0 aliphatic rings. The van der Waals surface area contributed by atoms with Crippen LogP contribution in [-0.4, -0.2) is 29.4 Å². The maximum absolute atomic E-state index is 11.7. The minimum Gasteiger partial charge on any atom is -0.460 e. The van der Waals surface area contributed by atoms with Gasteiger partial charge in [-0.3, -0.25) is 4.79 Å². The highest BCUT2D eigenvalue weighted by molar-refractivity contribution is 6.65. The number of rotatable bonds is 3. The van der Waals surface area contributed by atoms with Crippen molar-refractivity contribution in [1.82, 2.24) is 0 Å². The SMILES string of the molecule is COC(=O)C(=[N+]=[N-])C(=O)c1ccc(C#N)cc1. The van der Waals surface area contributed by atoms with Crippen LogP contribution in [0.2, 0.25) is 0 Å². The zero-order chi connectivity index (χ0) is 12.8. The maximum Gasteiger partial charge on any atom is 0.446 e. The van der Waals surface area contributed by atoms with Crippen LogP contribution >= 0.6 is 0 Å². The van der Waals surface area contributed by atoms with Gasteiger partial charge in [-0.2, -0.15) is 10.1 Å². The normalized spacial score (nSPS) is 8.71. The average Bonchev–Trinajstić information content (AvgIpc) is 2.39. The Bertz CT molecular complexity index is 548. The van der Waals surface area contributed by atoms with Crippen LogP contribution in [0.15, 0.2) is 24.3 Å². The number of esters is 1. The van der Waals surface area contributed by atoms with E-state index >= 15 is 0 Å². The third kappa shape index (κ3) is 2.62. The van der Waals surface area contributed by atoms with Crippen LogP contribution in [0.4, 0.5) is 0 Å². The molecule has 0 amide bonds. The van der Waals surface area contributed by atoms with E-state index in [1.807, 2.05) is 6.07 Å². The Labute approximate surface area is 96.7 Å². The van der Waals surface area contributed by atoms with Crippen LogP contribution in [0.3, 0.4) is 0 Å². The highest BCUT2D eigenvalue weighted by atomic mass is 16.5. The summed E-state index contributed by atoms with van der Waals surface area (Å²) >= 11 is 0. The molecule has 0 radical (unpaired) electrons. The van der Waals surface area contributed by atoms with Gasteiger partial charge < -0.3 is 10.3 Å². The molecule has 0 aromatic heterocycles. The Kier molecular flexibility index (Phi) is 3.87. The molecule has 0 bridgehead atoms. The summed E-state index contributed by atoms with van der Waals surface area (Å²) in [5.74, 6) is -1.80. The molecular formula is C11H7N3O3. The van der Waals surface area contributed by atoms with Gasteiger partial charge in [-0.1, -0.05) is 0 Å². The monoisotopic (exact) mass is 229 g/mol. The fourth-order valence-corrected chi connectivity index (χ4v) is 1.11. The van der Waals surface area contributed by atoms with E-state index in [9.17, 15) is 9.59 Å². The minimum absolute atomic E-state index is 0.127. The quantitative estimate of drug-likeness (QED) is 0.189. The van der Waals surface area contributed by atoms with Gasteiger partial charge in [-0.05, 0) is 24.3 Å². The zero-order valence-corrected chi connectivity index (χ0v) is 8.88. The second-order valence-electron chi connectivity index (χ2n) is 2.96. The van der Waals surface area contributed by atoms with E-state index in [2.05, 4.69) is 9.53 Å². The third-order valence-electron chi connectivity index (χ3n) is 1.97. The van der Waals surface area contributed by atoms with Gasteiger partial charge in [0.2, 0.25) is 0 Å². The van der Waals surface area contributed by atoms with Crippen molar-refractivity contribution in [3.8, 4) is 6.07 Å². The molecule has 1 rings (SSSR count). The second-order valence-corrected chi connectivity index (χ2v) is 2.96.